The van der Waals surface area contributed by atoms with E-state index in [0.717, 1.165) is 11.1 Å². The molecule has 0 saturated heterocycles. The molecular weight excluding hydrogens is 270 g/mol. The number of nitrogens with zero attached hydrogens (tertiary/aromatic N) is 1. The molecule has 0 fully saturated rings. The maximum absolute atomic E-state index is 11.7. The van der Waals surface area contributed by atoms with E-state index < -0.39 is 10.9 Å². The second-order valence-corrected chi connectivity index (χ2v) is 4.42. The molecule has 0 bridgehead atoms. The van der Waals surface area contributed by atoms with Crippen molar-refractivity contribution in [3.63, 3.8) is 0 Å². The number of nitro benzene ring substituents is 1. The van der Waals surface area contributed by atoms with Gasteiger partial charge in [0, 0.05) is 12.1 Å². The Morgan fingerprint density at radius 1 is 1.19 bits per heavy atom. The first-order valence-corrected chi connectivity index (χ1v) is 6.25. The molecule has 0 aliphatic carbocycles. The zero-order valence-corrected chi connectivity index (χ0v) is 11.4. The van der Waals surface area contributed by atoms with Gasteiger partial charge in [-0.2, -0.15) is 0 Å². The SMILES string of the molecule is Cc1ccc(/C=C/C(=O)Oc2cccc([N+](=O)[O-])c2)cc1. The summed E-state index contributed by atoms with van der Waals surface area (Å²) < 4.78 is 5.02. The molecular formula is C16H13NO4. The zero-order valence-electron chi connectivity index (χ0n) is 11.4. The fourth-order valence-electron chi connectivity index (χ4n) is 1.65. The number of rotatable bonds is 4. The average Bonchev–Trinajstić information content (AvgIpc) is 2.47. The first kappa shape index (κ1) is 14.5. The van der Waals surface area contributed by atoms with Crippen LogP contribution in [-0.2, 0) is 4.79 Å². The molecule has 0 spiro atoms. The summed E-state index contributed by atoms with van der Waals surface area (Å²) in [7, 11) is 0. The second kappa shape index (κ2) is 6.47. The average molecular weight is 283 g/mol. The van der Waals surface area contributed by atoms with Gasteiger partial charge in [-0.3, -0.25) is 10.1 Å². The largest absolute Gasteiger partial charge is 0.423 e. The molecule has 0 unspecified atom stereocenters. The van der Waals surface area contributed by atoms with Gasteiger partial charge in [-0.25, -0.2) is 4.79 Å². The van der Waals surface area contributed by atoms with Crippen molar-refractivity contribution in [2.75, 3.05) is 0 Å². The third-order valence-electron chi connectivity index (χ3n) is 2.74. The van der Waals surface area contributed by atoms with Crippen LogP contribution in [0.1, 0.15) is 11.1 Å². The van der Waals surface area contributed by atoms with E-state index >= 15 is 0 Å². The van der Waals surface area contributed by atoms with Crippen LogP contribution in [0.5, 0.6) is 5.75 Å². The summed E-state index contributed by atoms with van der Waals surface area (Å²) in [6.45, 7) is 1.98. The van der Waals surface area contributed by atoms with Crippen LogP contribution in [0.4, 0.5) is 5.69 Å². The topological polar surface area (TPSA) is 69.4 Å². The summed E-state index contributed by atoms with van der Waals surface area (Å²) in [5, 5.41) is 10.6. The van der Waals surface area contributed by atoms with Crippen LogP contribution >= 0.6 is 0 Å². The maximum Gasteiger partial charge on any atom is 0.336 e. The number of carbonyl (C=O) groups is 1. The normalized spacial score (nSPS) is 10.5. The van der Waals surface area contributed by atoms with Crippen LogP contribution in [-0.4, -0.2) is 10.9 Å². The monoisotopic (exact) mass is 283 g/mol. The third kappa shape index (κ3) is 4.28. The number of hydrogen-bond donors (Lipinski definition) is 0. The van der Waals surface area contributed by atoms with E-state index in [1.807, 2.05) is 31.2 Å². The Morgan fingerprint density at radius 3 is 2.57 bits per heavy atom. The van der Waals surface area contributed by atoms with Crippen molar-refractivity contribution in [1.82, 2.24) is 0 Å². The van der Waals surface area contributed by atoms with Gasteiger partial charge in [-0.05, 0) is 24.6 Å². The lowest BCUT2D eigenvalue weighted by molar-refractivity contribution is -0.384. The number of hydrogen-bond acceptors (Lipinski definition) is 4. The summed E-state index contributed by atoms with van der Waals surface area (Å²) in [6.07, 6.45) is 2.91. The van der Waals surface area contributed by atoms with E-state index in [-0.39, 0.29) is 11.4 Å². The van der Waals surface area contributed by atoms with E-state index in [1.54, 1.807) is 6.08 Å². The van der Waals surface area contributed by atoms with Gasteiger partial charge in [0.2, 0.25) is 0 Å². The molecule has 2 aromatic rings. The van der Waals surface area contributed by atoms with E-state index in [4.69, 9.17) is 4.74 Å². The fraction of sp³-hybridized carbons (Fsp3) is 0.0625. The molecule has 0 atom stereocenters. The van der Waals surface area contributed by atoms with Gasteiger partial charge in [-0.15, -0.1) is 0 Å². The van der Waals surface area contributed by atoms with Gasteiger partial charge in [-0.1, -0.05) is 35.9 Å². The first-order valence-electron chi connectivity index (χ1n) is 6.25. The molecule has 0 radical (unpaired) electrons. The highest BCUT2D eigenvalue weighted by molar-refractivity contribution is 5.88. The molecule has 0 N–H and O–H groups in total. The number of ether oxygens (including phenoxy) is 1. The van der Waals surface area contributed by atoms with Gasteiger partial charge < -0.3 is 4.74 Å². The van der Waals surface area contributed by atoms with Gasteiger partial charge in [0.05, 0.1) is 11.0 Å². The van der Waals surface area contributed by atoms with Gasteiger partial charge in [0.25, 0.3) is 5.69 Å². The Balaban J connectivity index is 2.03. The summed E-state index contributed by atoms with van der Waals surface area (Å²) >= 11 is 0. The van der Waals surface area contributed by atoms with Crippen molar-refractivity contribution in [1.29, 1.82) is 0 Å². The van der Waals surface area contributed by atoms with Crippen LogP contribution in [0.15, 0.2) is 54.6 Å². The number of non-ortho nitro benzene ring substituents is 1. The molecule has 0 amide bonds. The van der Waals surface area contributed by atoms with Crippen LogP contribution in [0, 0.1) is 17.0 Å². The van der Waals surface area contributed by atoms with Crippen LogP contribution in [0.2, 0.25) is 0 Å². The molecule has 0 aromatic heterocycles. The predicted molar refractivity (Wildman–Crippen MR) is 78.9 cm³/mol. The van der Waals surface area contributed by atoms with Crippen molar-refractivity contribution in [2.45, 2.75) is 6.92 Å². The van der Waals surface area contributed by atoms with Crippen molar-refractivity contribution in [2.24, 2.45) is 0 Å². The lowest BCUT2D eigenvalue weighted by Gasteiger charge is -2.00. The van der Waals surface area contributed by atoms with Crippen LogP contribution < -0.4 is 4.74 Å². The molecule has 106 valence electrons. The number of esters is 1. The Bertz CT molecular complexity index is 690. The molecule has 2 aromatic carbocycles. The van der Waals surface area contributed by atoms with Crippen LogP contribution in [0.3, 0.4) is 0 Å². The minimum Gasteiger partial charge on any atom is -0.423 e. The molecule has 0 saturated carbocycles. The summed E-state index contributed by atoms with van der Waals surface area (Å²) in [5.74, 6) is -0.446. The Morgan fingerprint density at radius 2 is 1.90 bits per heavy atom. The van der Waals surface area contributed by atoms with Crippen molar-refractivity contribution >= 4 is 17.7 Å². The van der Waals surface area contributed by atoms with Gasteiger partial charge >= 0.3 is 5.97 Å². The van der Waals surface area contributed by atoms with Crippen LogP contribution in [0.25, 0.3) is 6.08 Å². The molecule has 21 heavy (non-hydrogen) atoms. The Hall–Kier alpha value is -2.95. The second-order valence-electron chi connectivity index (χ2n) is 4.42. The van der Waals surface area contributed by atoms with E-state index in [2.05, 4.69) is 0 Å². The zero-order chi connectivity index (χ0) is 15.2. The summed E-state index contributed by atoms with van der Waals surface area (Å²) in [5.41, 5.74) is 1.88. The minimum absolute atomic E-state index is 0.122. The molecule has 5 nitrogen and oxygen atoms in total. The summed E-state index contributed by atoms with van der Waals surface area (Å²) in [4.78, 5) is 21.7. The summed E-state index contributed by atoms with van der Waals surface area (Å²) in [6, 6.07) is 13.1. The Labute approximate surface area is 121 Å². The van der Waals surface area contributed by atoms with E-state index in [1.165, 1.54) is 30.3 Å². The fourth-order valence-corrected chi connectivity index (χ4v) is 1.65. The highest BCUT2D eigenvalue weighted by Crippen LogP contribution is 2.19. The maximum atomic E-state index is 11.7. The Kier molecular flexibility index (Phi) is 4.46. The lowest BCUT2D eigenvalue weighted by atomic mass is 10.1. The molecule has 0 aliphatic heterocycles. The quantitative estimate of drug-likeness (QED) is 0.283. The highest BCUT2D eigenvalue weighted by atomic mass is 16.6. The standard InChI is InChI=1S/C16H13NO4/c1-12-5-7-13(8-6-12)9-10-16(18)21-15-4-2-3-14(11-15)17(19)20/h2-11H,1H3/b10-9+. The smallest absolute Gasteiger partial charge is 0.336 e. The van der Waals surface area contributed by atoms with Crippen molar-refractivity contribution < 1.29 is 14.5 Å². The molecule has 5 heteroatoms. The molecule has 0 heterocycles. The highest BCUT2D eigenvalue weighted by Gasteiger charge is 2.08. The molecule has 2 rings (SSSR count). The van der Waals surface area contributed by atoms with Gasteiger partial charge in [0.15, 0.2) is 0 Å². The van der Waals surface area contributed by atoms with Gasteiger partial charge in [0.1, 0.15) is 5.75 Å². The lowest BCUT2D eigenvalue weighted by Crippen LogP contribution is -2.03. The van der Waals surface area contributed by atoms with E-state index in [0.29, 0.717) is 0 Å². The van der Waals surface area contributed by atoms with Crippen molar-refractivity contribution in [3.05, 3.63) is 75.8 Å². The predicted octanol–water partition coefficient (Wildman–Crippen LogP) is 3.52. The van der Waals surface area contributed by atoms with E-state index in [9.17, 15) is 14.9 Å². The van der Waals surface area contributed by atoms with Crippen molar-refractivity contribution in [3.8, 4) is 5.75 Å². The number of nitro groups is 1. The minimum atomic E-state index is -0.587. The first-order chi connectivity index (χ1) is 10.0. The molecule has 0 aliphatic rings. The third-order valence-corrected chi connectivity index (χ3v) is 2.74. The number of carbonyl (C=O) groups excluding carboxylic acids is 1. The number of aryl methyl sites for hydroxylation is 1. The number of benzene rings is 2.